The van der Waals surface area contributed by atoms with Crippen molar-refractivity contribution in [2.45, 2.75) is 0 Å². The highest BCUT2D eigenvalue weighted by Gasteiger charge is 2.13. The molecule has 0 saturated carbocycles. The average molecular weight is 321 g/mol. The van der Waals surface area contributed by atoms with E-state index in [4.69, 9.17) is 0 Å². The van der Waals surface area contributed by atoms with Crippen LogP contribution in [0.15, 0.2) is 67.3 Å². The minimum absolute atomic E-state index is 0.158. The maximum Gasteiger partial charge on any atom is 0.274 e. The number of hydrogen-bond acceptors (Lipinski definition) is 3. The minimum Gasteiger partial charge on any atom is -0.316 e. The zero-order chi connectivity index (χ0) is 16.8. The summed E-state index contributed by atoms with van der Waals surface area (Å²) in [5.41, 5.74) is 1.54. The summed E-state index contributed by atoms with van der Waals surface area (Å²) in [6.45, 7) is 0. The maximum absolute atomic E-state index is 12.2. The Kier molecular flexibility index (Phi) is 4.52. The first kappa shape index (κ1) is 15.3. The van der Waals surface area contributed by atoms with Crippen molar-refractivity contribution in [2.75, 3.05) is 10.6 Å². The summed E-state index contributed by atoms with van der Waals surface area (Å²) in [6, 6.07) is 11.7. The van der Waals surface area contributed by atoms with Gasteiger partial charge in [0.1, 0.15) is 22.8 Å². The summed E-state index contributed by atoms with van der Waals surface area (Å²) >= 11 is 0. The predicted molar refractivity (Wildman–Crippen MR) is 86.1 cm³/mol. The third-order valence-electron chi connectivity index (χ3n) is 3.14. The largest absolute Gasteiger partial charge is 0.316 e. The van der Waals surface area contributed by atoms with Crippen molar-refractivity contribution in [1.29, 1.82) is 0 Å². The summed E-state index contributed by atoms with van der Waals surface area (Å²) in [7, 11) is 0. The summed E-state index contributed by atoms with van der Waals surface area (Å²) < 4.78 is 0. The topological polar surface area (TPSA) is 99.4 Å². The lowest BCUT2D eigenvalue weighted by atomic mass is 10.2. The summed E-state index contributed by atoms with van der Waals surface area (Å²) in [5.74, 6) is -0.783. The molecule has 0 bridgehead atoms. The van der Waals surface area contributed by atoms with E-state index in [9.17, 15) is 9.59 Å². The van der Waals surface area contributed by atoms with E-state index in [0.717, 1.165) is 0 Å². The van der Waals surface area contributed by atoms with Crippen LogP contribution in [-0.4, -0.2) is 16.8 Å². The van der Waals surface area contributed by atoms with Crippen molar-refractivity contribution >= 4 is 23.2 Å². The smallest absolute Gasteiger partial charge is 0.274 e. The van der Waals surface area contributed by atoms with E-state index in [-0.39, 0.29) is 11.4 Å². The van der Waals surface area contributed by atoms with Crippen LogP contribution in [0.4, 0.5) is 11.4 Å². The Bertz CT molecular complexity index is 784. The second-order valence-corrected chi connectivity index (χ2v) is 4.90. The molecule has 0 spiro atoms. The Morgan fingerprint density at radius 2 is 1.25 bits per heavy atom. The van der Waals surface area contributed by atoms with Crippen LogP contribution in [0.2, 0.25) is 0 Å². The fraction of sp³-hybridized carbons (Fsp3) is 0. The van der Waals surface area contributed by atoms with Crippen LogP contribution >= 0.6 is 0 Å². The van der Waals surface area contributed by atoms with Crippen LogP contribution < -0.4 is 20.6 Å². The van der Waals surface area contributed by atoms with Crippen LogP contribution in [-0.2, 0) is 0 Å². The van der Waals surface area contributed by atoms with Crippen molar-refractivity contribution < 1.29 is 19.6 Å². The van der Waals surface area contributed by atoms with E-state index >= 15 is 0 Å². The maximum atomic E-state index is 12.2. The highest BCUT2D eigenvalue weighted by molar-refractivity contribution is 6.06. The molecule has 3 aromatic heterocycles. The molecule has 118 valence electrons. The van der Waals surface area contributed by atoms with Gasteiger partial charge in [0.25, 0.3) is 11.8 Å². The van der Waals surface area contributed by atoms with Gasteiger partial charge in [-0.3, -0.25) is 9.59 Å². The van der Waals surface area contributed by atoms with Gasteiger partial charge in [-0.2, -0.15) is 0 Å². The summed E-state index contributed by atoms with van der Waals surface area (Å²) in [4.78, 5) is 34.3. The van der Waals surface area contributed by atoms with Gasteiger partial charge in [-0.05, 0) is 24.3 Å². The number of aromatic nitrogens is 3. The number of nitrogens with one attached hydrogen (secondary N) is 4. The Balaban J connectivity index is 1.74. The first-order chi connectivity index (χ1) is 11.7. The van der Waals surface area contributed by atoms with Gasteiger partial charge in [0.15, 0.2) is 24.8 Å². The molecular weight excluding hydrogens is 306 g/mol. The number of aromatic amines is 2. The third-order valence-corrected chi connectivity index (χ3v) is 3.14. The Morgan fingerprint density at radius 3 is 1.67 bits per heavy atom. The van der Waals surface area contributed by atoms with Gasteiger partial charge in [-0.15, -0.1) is 0 Å². The normalized spacial score (nSPS) is 10.0. The second kappa shape index (κ2) is 7.10. The zero-order valence-electron chi connectivity index (χ0n) is 12.6. The molecule has 0 aliphatic heterocycles. The summed E-state index contributed by atoms with van der Waals surface area (Å²) in [5, 5.41) is 5.41. The lowest BCUT2D eigenvalue weighted by Gasteiger charge is -2.05. The lowest BCUT2D eigenvalue weighted by Crippen LogP contribution is -2.19. The van der Waals surface area contributed by atoms with Crippen LogP contribution in [0.5, 0.6) is 0 Å². The van der Waals surface area contributed by atoms with E-state index in [1.807, 2.05) is 0 Å². The third kappa shape index (κ3) is 3.77. The first-order valence-electron chi connectivity index (χ1n) is 7.24. The van der Waals surface area contributed by atoms with Gasteiger partial charge in [-0.25, -0.2) is 15.0 Å². The number of carbonyl (C=O) groups excluding carboxylic acids is 2. The Morgan fingerprint density at radius 1 is 0.750 bits per heavy atom. The number of carbonyl (C=O) groups is 2. The molecular formula is C17H15N5O2+2. The standard InChI is InChI=1S/C17H13N5O2/c23-16(20-12-4-2-8-18-10-12)14-6-1-7-15(22-14)17(24)21-13-5-3-9-19-11-13/h1-11H,(H,20,23)(H,21,24)/p+2. The molecule has 3 heterocycles. The summed E-state index contributed by atoms with van der Waals surface area (Å²) in [6.07, 6.45) is 6.78. The van der Waals surface area contributed by atoms with Gasteiger partial charge in [0, 0.05) is 12.1 Å². The van der Waals surface area contributed by atoms with E-state index in [0.29, 0.717) is 11.4 Å². The lowest BCUT2D eigenvalue weighted by molar-refractivity contribution is -0.377. The van der Waals surface area contributed by atoms with Crippen molar-refractivity contribution in [3.05, 3.63) is 78.6 Å². The van der Waals surface area contributed by atoms with Crippen LogP contribution in [0.1, 0.15) is 21.0 Å². The highest BCUT2D eigenvalue weighted by Crippen LogP contribution is 2.08. The van der Waals surface area contributed by atoms with Gasteiger partial charge < -0.3 is 10.6 Å². The van der Waals surface area contributed by atoms with Crippen molar-refractivity contribution in [1.82, 2.24) is 4.98 Å². The molecule has 3 aromatic rings. The molecule has 0 fully saturated rings. The van der Waals surface area contributed by atoms with Crippen LogP contribution in [0.25, 0.3) is 0 Å². The fourth-order valence-corrected chi connectivity index (χ4v) is 2.02. The fourth-order valence-electron chi connectivity index (χ4n) is 2.02. The van der Waals surface area contributed by atoms with Gasteiger partial charge in [0.2, 0.25) is 0 Å². The van der Waals surface area contributed by atoms with Gasteiger partial charge >= 0.3 is 0 Å². The van der Waals surface area contributed by atoms with Crippen molar-refractivity contribution in [3.63, 3.8) is 0 Å². The highest BCUT2D eigenvalue weighted by atomic mass is 16.2. The van der Waals surface area contributed by atoms with E-state index < -0.39 is 11.8 Å². The Labute approximate surface area is 137 Å². The number of anilines is 2. The number of rotatable bonds is 4. The molecule has 0 unspecified atom stereocenters. The molecule has 7 heteroatoms. The molecule has 0 aromatic carbocycles. The number of hydrogen-bond donors (Lipinski definition) is 2. The molecule has 2 amide bonds. The monoisotopic (exact) mass is 321 g/mol. The number of H-pyrrole nitrogens is 2. The molecule has 0 radical (unpaired) electrons. The number of amides is 2. The zero-order valence-corrected chi connectivity index (χ0v) is 12.6. The van der Waals surface area contributed by atoms with Crippen molar-refractivity contribution in [3.8, 4) is 0 Å². The number of nitrogens with zero attached hydrogens (tertiary/aromatic N) is 1. The van der Waals surface area contributed by atoms with E-state index in [1.165, 1.54) is 0 Å². The molecule has 4 N–H and O–H groups in total. The van der Waals surface area contributed by atoms with Crippen LogP contribution in [0.3, 0.4) is 0 Å². The first-order valence-corrected chi connectivity index (χ1v) is 7.24. The second-order valence-electron chi connectivity index (χ2n) is 4.90. The van der Waals surface area contributed by atoms with Crippen molar-refractivity contribution in [2.24, 2.45) is 0 Å². The van der Waals surface area contributed by atoms with E-state index in [1.54, 1.807) is 67.3 Å². The van der Waals surface area contributed by atoms with Gasteiger partial charge in [-0.1, -0.05) is 6.07 Å². The molecule has 7 nitrogen and oxygen atoms in total. The molecule has 0 atom stereocenters. The molecule has 3 rings (SSSR count). The predicted octanol–water partition coefficient (Wildman–Crippen LogP) is 1.21. The Hall–Kier alpha value is -3.61. The van der Waals surface area contributed by atoms with E-state index in [2.05, 4.69) is 25.6 Å². The molecule has 0 aliphatic rings. The average Bonchev–Trinajstić information content (AvgIpc) is 2.63. The quantitative estimate of drug-likeness (QED) is 0.755. The molecule has 0 aliphatic carbocycles. The minimum atomic E-state index is -0.391. The molecule has 24 heavy (non-hydrogen) atoms. The van der Waals surface area contributed by atoms with Crippen LogP contribution in [0, 0.1) is 0 Å². The molecule has 0 saturated heterocycles. The number of pyridine rings is 3. The van der Waals surface area contributed by atoms with Gasteiger partial charge in [0.05, 0.1) is 0 Å². The SMILES string of the molecule is O=C(Nc1ccc[nH+]c1)c1cccc(C(=O)Nc2ccc[nH+]c2)n1.